The first kappa shape index (κ1) is 15.6. The van der Waals surface area contributed by atoms with Crippen LogP contribution in [0.25, 0.3) is 0 Å². The molecule has 0 spiro atoms. The normalized spacial score (nSPS) is 8.57. The summed E-state index contributed by atoms with van der Waals surface area (Å²) in [6.45, 7) is 0. The van der Waals surface area contributed by atoms with Crippen LogP contribution in [0.1, 0.15) is 0 Å². The number of halogens is 1. The number of hydrogen-bond donors (Lipinski definition) is 0. The van der Waals surface area contributed by atoms with Gasteiger partial charge in [0.25, 0.3) is 0 Å². The van der Waals surface area contributed by atoms with Gasteiger partial charge in [-0.3, -0.25) is 0 Å². The van der Waals surface area contributed by atoms with Crippen molar-refractivity contribution >= 4 is 9.05 Å². The summed E-state index contributed by atoms with van der Waals surface area (Å²) in [4.78, 5) is 34.3. The fourth-order valence-corrected chi connectivity index (χ4v) is 0. The van der Waals surface area contributed by atoms with Crippen molar-refractivity contribution < 1.29 is 45.6 Å². The Hall–Kier alpha value is 0.701. The molecular formula is FO4SiTi. The van der Waals surface area contributed by atoms with Crippen molar-refractivity contribution in [3.8, 4) is 0 Å². The third-order valence-corrected chi connectivity index (χ3v) is 0. The van der Waals surface area contributed by atoms with Gasteiger partial charge in [0.1, 0.15) is 0 Å². The van der Waals surface area contributed by atoms with E-state index >= 15 is 0 Å². The van der Waals surface area contributed by atoms with Crippen molar-refractivity contribution in [3.63, 3.8) is 0 Å². The minimum absolute atomic E-state index is 0. The quantitative estimate of drug-likeness (QED) is 0.332. The van der Waals surface area contributed by atoms with Gasteiger partial charge in [-0.15, -0.1) is 0 Å². The zero-order valence-electron chi connectivity index (χ0n) is 3.01. The Labute approximate surface area is 55.2 Å². The maximum absolute atomic E-state index is 8.58. The zero-order chi connectivity index (χ0) is 4.50. The average Bonchev–Trinajstić information content (AvgIpc) is 0.722. The third kappa shape index (κ3) is 301. The second kappa shape index (κ2) is 4.85. The Morgan fingerprint density at radius 2 is 0.857 bits per heavy atom. The molecule has 7 heavy (non-hydrogen) atoms. The summed E-state index contributed by atoms with van der Waals surface area (Å²) < 4.78 is 0. The van der Waals surface area contributed by atoms with Crippen LogP contribution < -0.4 is 19.2 Å². The number of hydrogen-bond acceptors (Lipinski definition) is 4. The monoisotopic (exact) mass is 159 g/mol. The maximum Gasteiger partial charge on any atom is 4.00 e. The van der Waals surface area contributed by atoms with Gasteiger partial charge < -0.3 is 28.2 Å². The van der Waals surface area contributed by atoms with Crippen LogP contribution in [0.15, 0.2) is 0 Å². The molecule has 1 radical (unpaired) electrons. The van der Waals surface area contributed by atoms with Gasteiger partial charge in [0, 0.05) is 4.70 Å². The Morgan fingerprint density at radius 3 is 0.857 bits per heavy atom. The predicted octanol–water partition coefficient (Wildman–Crippen LogP) is -4.72. The second-order valence-corrected chi connectivity index (χ2v) is 1.50. The van der Waals surface area contributed by atoms with E-state index in [-0.39, 0.29) is 26.4 Å². The van der Waals surface area contributed by atoms with Crippen molar-refractivity contribution in [2.24, 2.45) is 0 Å². The fraction of sp³-hybridized carbons (Fsp3) is 0. The third-order valence-electron chi connectivity index (χ3n) is 0. The van der Waals surface area contributed by atoms with Crippen LogP contribution in [0, 0.1) is 0 Å². The Balaban J connectivity index is -0.0000000800. The first-order chi connectivity index (χ1) is 2.00. The molecule has 0 N–H and O–H groups in total. The molecule has 0 bridgehead atoms. The molecule has 0 aliphatic carbocycles. The van der Waals surface area contributed by atoms with Gasteiger partial charge in [-0.1, -0.05) is 0 Å². The summed E-state index contributed by atoms with van der Waals surface area (Å²) in [6.07, 6.45) is 0. The molecule has 0 rings (SSSR count). The van der Waals surface area contributed by atoms with Crippen LogP contribution in [0.4, 0.5) is 4.70 Å². The van der Waals surface area contributed by atoms with Gasteiger partial charge in [-0.2, -0.15) is 0 Å². The van der Waals surface area contributed by atoms with Crippen LogP contribution >= 0.6 is 0 Å². The first-order valence-corrected chi connectivity index (χ1v) is 2.45. The molecule has 0 saturated heterocycles. The molecule has 0 aliphatic heterocycles. The summed E-state index contributed by atoms with van der Waals surface area (Å²) in [6, 6.07) is 0. The van der Waals surface area contributed by atoms with Gasteiger partial charge in [-0.25, -0.2) is 0 Å². The smallest absolute Gasteiger partial charge is 0.894 e. The van der Waals surface area contributed by atoms with E-state index in [1.54, 1.807) is 0 Å². The van der Waals surface area contributed by atoms with Crippen molar-refractivity contribution in [1.82, 2.24) is 0 Å². The SMILES string of the molecule is [F].[O-][Si]([O-])([O-])[O-].[Ti+4]. The minimum atomic E-state index is -5.61. The molecule has 0 unspecified atom stereocenters. The summed E-state index contributed by atoms with van der Waals surface area (Å²) >= 11 is 0. The molecule has 0 amide bonds. The molecule has 0 heterocycles. The summed E-state index contributed by atoms with van der Waals surface area (Å²) in [5.41, 5.74) is 0. The van der Waals surface area contributed by atoms with Crippen molar-refractivity contribution in [3.05, 3.63) is 0 Å². The predicted molar refractivity (Wildman–Crippen MR) is 6.86 cm³/mol. The van der Waals surface area contributed by atoms with Crippen LogP contribution in [-0.4, -0.2) is 9.05 Å². The Bertz CT molecular complexity index is 27.2. The largest absolute Gasteiger partial charge is 4.00 e. The molecule has 0 aromatic rings. The molecule has 0 aromatic heterocycles. The molecule has 7 heteroatoms. The fourth-order valence-electron chi connectivity index (χ4n) is 0. The van der Waals surface area contributed by atoms with E-state index in [0.717, 1.165) is 0 Å². The minimum Gasteiger partial charge on any atom is -0.894 e. The number of rotatable bonds is 0. The topological polar surface area (TPSA) is 92.2 Å². The van der Waals surface area contributed by atoms with E-state index in [4.69, 9.17) is 19.2 Å². The van der Waals surface area contributed by atoms with E-state index < -0.39 is 9.05 Å². The molecule has 0 atom stereocenters. The van der Waals surface area contributed by atoms with E-state index in [1.807, 2.05) is 0 Å². The Kier molecular flexibility index (Phi) is 10.8. The van der Waals surface area contributed by atoms with Crippen LogP contribution in [0.2, 0.25) is 0 Å². The average molecular weight is 159 g/mol. The van der Waals surface area contributed by atoms with Gasteiger partial charge >= 0.3 is 21.7 Å². The van der Waals surface area contributed by atoms with Gasteiger partial charge in [0.15, 0.2) is 0 Å². The molecule has 0 fully saturated rings. The van der Waals surface area contributed by atoms with Crippen molar-refractivity contribution in [2.75, 3.05) is 0 Å². The summed E-state index contributed by atoms with van der Waals surface area (Å²) in [5, 5.41) is 0. The molecule has 0 aromatic carbocycles. The van der Waals surface area contributed by atoms with E-state index in [9.17, 15) is 0 Å². The van der Waals surface area contributed by atoms with Gasteiger partial charge in [0.2, 0.25) is 0 Å². The Morgan fingerprint density at radius 1 is 0.857 bits per heavy atom. The van der Waals surface area contributed by atoms with Crippen LogP contribution in [0.5, 0.6) is 0 Å². The first-order valence-electron chi connectivity index (χ1n) is 0.816. The molecule has 4 nitrogen and oxygen atoms in total. The maximum atomic E-state index is 8.58. The van der Waals surface area contributed by atoms with Gasteiger partial charge in [0.05, 0.1) is 0 Å². The van der Waals surface area contributed by atoms with Crippen molar-refractivity contribution in [1.29, 1.82) is 0 Å². The van der Waals surface area contributed by atoms with E-state index in [1.165, 1.54) is 0 Å². The van der Waals surface area contributed by atoms with Crippen LogP contribution in [-0.2, 0) is 21.7 Å². The molecular weight excluding hydrogens is 159 g/mol. The summed E-state index contributed by atoms with van der Waals surface area (Å²) in [7, 11) is -5.61. The van der Waals surface area contributed by atoms with E-state index in [2.05, 4.69) is 0 Å². The van der Waals surface area contributed by atoms with E-state index in [0.29, 0.717) is 0 Å². The standard InChI is InChI=1S/F.O4Si.Ti/c;1-5(2,3)4;/q;-4;+4. The molecule has 0 saturated carbocycles. The zero-order valence-corrected chi connectivity index (χ0v) is 5.57. The van der Waals surface area contributed by atoms with Crippen molar-refractivity contribution in [2.45, 2.75) is 0 Å². The summed E-state index contributed by atoms with van der Waals surface area (Å²) in [5.74, 6) is 0. The molecule has 0 aliphatic rings. The van der Waals surface area contributed by atoms with Gasteiger partial charge in [-0.05, 0) is 0 Å². The molecule has 39 valence electrons. The second-order valence-electron chi connectivity index (χ2n) is 0.500. The van der Waals surface area contributed by atoms with Crippen LogP contribution in [0.3, 0.4) is 0 Å².